The van der Waals surface area contributed by atoms with Crippen molar-refractivity contribution in [3.05, 3.63) is 0 Å². The molecule has 4 heteroatoms. The molecule has 0 aromatic carbocycles. The normalized spacial score (nSPS) is 30.8. The average molecular weight is 237 g/mol. The van der Waals surface area contributed by atoms with E-state index < -0.39 is 0 Å². The summed E-state index contributed by atoms with van der Waals surface area (Å²) >= 11 is 0. The third-order valence-corrected chi connectivity index (χ3v) is 4.26. The van der Waals surface area contributed by atoms with Crippen LogP contribution in [0.2, 0.25) is 0 Å². The number of carbonyl (C=O) groups excluding carboxylic acids is 1. The molecule has 3 aliphatic rings. The third-order valence-electron chi connectivity index (χ3n) is 4.26. The molecule has 0 aromatic heterocycles. The fourth-order valence-electron chi connectivity index (χ4n) is 2.93. The molecule has 1 amide bonds. The third kappa shape index (κ3) is 2.80. The van der Waals surface area contributed by atoms with Gasteiger partial charge in [-0.1, -0.05) is 0 Å². The Balaban J connectivity index is 1.44. The average Bonchev–Trinajstić information content (AvgIpc) is 3.00. The van der Waals surface area contributed by atoms with Crippen molar-refractivity contribution in [3.63, 3.8) is 0 Å². The highest BCUT2D eigenvalue weighted by molar-refractivity contribution is 5.82. The first kappa shape index (κ1) is 11.5. The van der Waals surface area contributed by atoms with Gasteiger partial charge in [0.15, 0.2) is 0 Å². The van der Waals surface area contributed by atoms with E-state index in [4.69, 9.17) is 0 Å². The van der Waals surface area contributed by atoms with E-state index in [1.165, 1.54) is 19.4 Å². The highest BCUT2D eigenvalue weighted by Crippen LogP contribution is 2.29. The summed E-state index contributed by atoms with van der Waals surface area (Å²) in [6, 6.07) is 0.116. The van der Waals surface area contributed by atoms with Crippen molar-refractivity contribution in [2.75, 3.05) is 39.3 Å². The SMILES string of the molecule is O=C(C1CCCN1)N1CCN(CC2CC2)CC1. The van der Waals surface area contributed by atoms with E-state index in [1.54, 1.807) is 0 Å². The van der Waals surface area contributed by atoms with E-state index in [0.717, 1.165) is 51.5 Å². The van der Waals surface area contributed by atoms with Gasteiger partial charge in [-0.2, -0.15) is 0 Å². The molecular weight excluding hydrogens is 214 g/mol. The van der Waals surface area contributed by atoms with Crippen LogP contribution in [0.25, 0.3) is 0 Å². The zero-order valence-corrected chi connectivity index (χ0v) is 10.5. The zero-order chi connectivity index (χ0) is 11.7. The van der Waals surface area contributed by atoms with Gasteiger partial charge in [0.1, 0.15) is 0 Å². The van der Waals surface area contributed by atoms with Gasteiger partial charge in [-0.15, -0.1) is 0 Å². The number of amides is 1. The molecule has 3 rings (SSSR count). The van der Waals surface area contributed by atoms with Gasteiger partial charge in [0.05, 0.1) is 6.04 Å². The fraction of sp³-hybridized carbons (Fsp3) is 0.923. The highest BCUT2D eigenvalue weighted by atomic mass is 16.2. The topological polar surface area (TPSA) is 35.6 Å². The molecule has 1 aliphatic carbocycles. The molecule has 17 heavy (non-hydrogen) atoms. The maximum absolute atomic E-state index is 12.2. The smallest absolute Gasteiger partial charge is 0.239 e. The molecular formula is C13H23N3O. The van der Waals surface area contributed by atoms with Gasteiger partial charge in [0, 0.05) is 32.7 Å². The summed E-state index contributed by atoms with van der Waals surface area (Å²) in [5.41, 5.74) is 0. The van der Waals surface area contributed by atoms with Crippen LogP contribution in [-0.4, -0.2) is 61.0 Å². The first-order valence-electron chi connectivity index (χ1n) is 7.07. The molecule has 2 heterocycles. The molecule has 1 unspecified atom stereocenters. The van der Waals surface area contributed by atoms with E-state index in [1.807, 2.05) is 0 Å². The van der Waals surface area contributed by atoms with Crippen LogP contribution in [0.15, 0.2) is 0 Å². The fourth-order valence-corrected chi connectivity index (χ4v) is 2.93. The molecule has 0 radical (unpaired) electrons. The largest absolute Gasteiger partial charge is 0.339 e. The van der Waals surface area contributed by atoms with Crippen LogP contribution in [0.3, 0.4) is 0 Å². The van der Waals surface area contributed by atoms with Crippen LogP contribution in [0.5, 0.6) is 0 Å². The predicted octanol–water partition coefficient (Wildman–Crippen LogP) is 0.293. The first-order chi connectivity index (χ1) is 8.33. The lowest BCUT2D eigenvalue weighted by atomic mass is 10.2. The summed E-state index contributed by atoms with van der Waals surface area (Å²) in [4.78, 5) is 16.8. The molecule has 1 N–H and O–H groups in total. The Bertz CT molecular complexity index is 276. The Morgan fingerprint density at radius 1 is 1.12 bits per heavy atom. The number of rotatable bonds is 3. The molecule has 2 aliphatic heterocycles. The Labute approximate surface area is 103 Å². The van der Waals surface area contributed by atoms with Crippen molar-refractivity contribution in [3.8, 4) is 0 Å². The van der Waals surface area contributed by atoms with Gasteiger partial charge in [-0.25, -0.2) is 0 Å². The van der Waals surface area contributed by atoms with Gasteiger partial charge in [-0.3, -0.25) is 9.69 Å². The van der Waals surface area contributed by atoms with Crippen LogP contribution in [0.1, 0.15) is 25.7 Å². The van der Waals surface area contributed by atoms with E-state index in [9.17, 15) is 4.79 Å². The molecule has 4 nitrogen and oxygen atoms in total. The first-order valence-corrected chi connectivity index (χ1v) is 7.07. The number of carbonyl (C=O) groups is 1. The van der Waals surface area contributed by atoms with Crippen molar-refractivity contribution >= 4 is 5.91 Å². The second-order valence-corrected chi connectivity index (χ2v) is 5.72. The van der Waals surface area contributed by atoms with Crippen LogP contribution < -0.4 is 5.32 Å². The minimum Gasteiger partial charge on any atom is -0.339 e. The van der Waals surface area contributed by atoms with Crippen molar-refractivity contribution < 1.29 is 4.79 Å². The molecule has 1 saturated carbocycles. The van der Waals surface area contributed by atoms with Gasteiger partial charge in [0.25, 0.3) is 0 Å². The van der Waals surface area contributed by atoms with Crippen molar-refractivity contribution in [1.29, 1.82) is 0 Å². The summed E-state index contributed by atoms with van der Waals surface area (Å²) in [5, 5.41) is 3.30. The quantitative estimate of drug-likeness (QED) is 0.766. The Hall–Kier alpha value is -0.610. The van der Waals surface area contributed by atoms with Crippen LogP contribution in [0, 0.1) is 5.92 Å². The standard InChI is InChI=1S/C13H23N3O/c17-13(12-2-1-5-14-12)16-8-6-15(7-9-16)10-11-3-4-11/h11-12,14H,1-10H2. The number of nitrogens with zero attached hydrogens (tertiary/aromatic N) is 2. The van der Waals surface area contributed by atoms with E-state index in [0.29, 0.717) is 5.91 Å². The van der Waals surface area contributed by atoms with Gasteiger partial charge in [-0.05, 0) is 38.1 Å². The van der Waals surface area contributed by atoms with E-state index in [-0.39, 0.29) is 6.04 Å². The van der Waals surface area contributed by atoms with Gasteiger partial charge in [0.2, 0.25) is 5.91 Å². The minimum absolute atomic E-state index is 0.116. The second-order valence-electron chi connectivity index (χ2n) is 5.72. The molecule has 0 bridgehead atoms. The second kappa shape index (κ2) is 4.94. The Morgan fingerprint density at radius 2 is 1.88 bits per heavy atom. The minimum atomic E-state index is 0.116. The summed E-state index contributed by atoms with van der Waals surface area (Å²) in [5.74, 6) is 1.31. The number of piperazine rings is 1. The highest BCUT2D eigenvalue weighted by Gasteiger charge is 2.31. The van der Waals surface area contributed by atoms with Crippen LogP contribution >= 0.6 is 0 Å². The van der Waals surface area contributed by atoms with Crippen LogP contribution in [0.4, 0.5) is 0 Å². The summed E-state index contributed by atoms with van der Waals surface area (Å²) in [7, 11) is 0. The number of hydrogen-bond acceptors (Lipinski definition) is 3. The number of hydrogen-bond donors (Lipinski definition) is 1. The molecule has 0 aromatic rings. The molecule has 96 valence electrons. The van der Waals surface area contributed by atoms with Crippen molar-refractivity contribution in [2.45, 2.75) is 31.7 Å². The lowest BCUT2D eigenvalue weighted by Crippen LogP contribution is -2.53. The molecule has 2 saturated heterocycles. The Morgan fingerprint density at radius 3 is 2.47 bits per heavy atom. The van der Waals surface area contributed by atoms with Gasteiger partial charge >= 0.3 is 0 Å². The number of nitrogens with one attached hydrogen (secondary N) is 1. The summed E-state index contributed by atoms with van der Waals surface area (Å²) < 4.78 is 0. The maximum atomic E-state index is 12.2. The summed E-state index contributed by atoms with van der Waals surface area (Å²) in [6.07, 6.45) is 5.02. The van der Waals surface area contributed by atoms with Crippen LogP contribution in [-0.2, 0) is 4.79 Å². The predicted molar refractivity (Wildman–Crippen MR) is 66.8 cm³/mol. The van der Waals surface area contributed by atoms with Crippen molar-refractivity contribution in [2.24, 2.45) is 5.92 Å². The Kier molecular flexibility index (Phi) is 3.34. The van der Waals surface area contributed by atoms with E-state index in [2.05, 4.69) is 15.1 Å². The maximum Gasteiger partial charge on any atom is 0.239 e. The lowest BCUT2D eigenvalue weighted by molar-refractivity contribution is -0.134. The monoisotopic (exact) mass is 237 g/mol. The lowest BCUT2D eigenvalue weighted by Gasteiger charge is -2.36. The molecule has 3 fully saturated rings. The van der Waals surface area contributed by atoms with E-state index >= 15 is 0 Å². The molecule has 0 spiro atoms. The molecule has 1 atom stereocenters. The van der Waals surface area contributed by atoms with Gasteiger partial charge < -0.3 is 10.2 Å². The van der Waals surface area contributed by atoms with Crippen molar-refractivity contribution in [1.82, 2.24) is 15.1 Å². The zero-order valence-electron chi connectivity index (χ0n) is 10.5. The summed E-state index contributed by atoms with van der Waals surface area (Å²) in [6.45, 7) is 6.30.